The van der Waals surface area contributed by atoms with Gasteiger partial charge in [0.25, 0.3) is 0 Å². The number of carbonyl (C=O) groups is 2. The van der Waals surface area contributed by atoms with Crippen LogP contribution in [0.25, 0.3) is 0 Å². The second kappa shape index (κ2) is 7.08. The van der Waals surface area contributed by atoms with Gasteiger partial charge in [-0.05, 0) is 43.5 Å². The molecular formula is C25H34O6. The molecule has 0 radical (unpaired) electrons. The molecule has 0 amide bonds. The average molecular weight is 439 g/mol. The molecule has 1 saturated heterocycles. The number of fused-ring (bicyclic) bond motifs is 7. The first-order chi connectivity index (χ1) is 17.7. The highest BCUT2D eigenvalue weighted by molar-refractivity contribution is 5.93. The fraction of sp³-hybridized carbons (Fsp3) is 0.760. The lowest BCUT2D eigenvalue weighted by atomic mass is 9.47. The number of hydrogen-bond donors (Lipinski definition) is 2. The van der Waals surface area contributed by atoms with Gasteiger partial charge in [0.15, 0.2) is 23.4 Å². The van der Waals surface area contributed by atoms with E-state index in [4.69, 9.17) is 20.4 Å². The lowest BCUT2D eigenvalue weighted by Crippen LogP contribution is -2.63. The van der Waals surface area contributed by atoms with Crippen LogP contribution < -0.4 is 0 Å². The highest BCUT2D eigenvalue weighted by Gasteiger charge is 2.75. The number of rotatable bonds is 4. The van der Waals surface area contributed by atoms with E-state index in [0.29, 0.717) is 6.42 Å². The van der Waals surface area contributed by atoms with E-state index >= 15 is 0 Å². The number of aliphatic hydroxyl groups is 2. The number of ether oxygens (including phenoxy) is 2. The van der Waals surface area contributed by atoms with Crippen molar-refractivity contribution in [3.05, 3.63) is 23.8 Å². The molecule has 3 fully saturated rings. The maximum Gasteiger partial charge on any atom is 0.193 e. The van der Waals surface area contributed by atoms with Gasteiger partial charge in [-0.2, -0.15) is 0 Å². The third kappa shape index (κ3) is 2.65. The molecule has 6 nitrogen and oxygen atoms in total. The van der Waals surface area contributed by atoms with Crippen molar-refractivity contribution in [1.82, 2.24) is 0 Å². The number of hydrogen-bond acceptors (Lipinski definition) is 6. The summed E-state index contributed by atoms with van der Waals surface area (Å²) < 4.78 is 75.9. The summed E-state index contributed by atoms with van der Waals surface area (Å²) in [7, 11) is 0. The second-order valence-corrected chi connectivity index (χ2v) is 10.0. The molecule has 5 aliphatic rings. The zero-order chi connectivity index (χ0) is 29.2. The van der Waals surface area contributed by atoms with Crippen molar-refractivity contribution in [2.45, 2.75) is 83.2 Å². The third-order valence-electron chi connectivity index (χ3n) is 8.84. The Morgan fingerprint density at radius 3 is 3.00 bits per heavy atom. The Kier molecular flexibility index (Phi) is 3.20. The number of Topliss-reactive ketones (excluding diaryl/α,β-unsaturated/α-hetero) is 1. The highest BCUT2D eigenvalue weighted by atomic mass is 16.7. The van der Waals surface area contributed by atoms with Crippen LogP contribution in [0.15, 0.2) is 23.8 Å². The molecule has 1 aliphatic heterocycles. The van der Waals surface area contributed by atoms with Crippen LogP contribution in [0, 0.1) is 28.6 Å². The van der Waals surface area contributed by atoms with Crippen LogP contribution in [-0.4, -0.2) is 52.5 Å². The largest absolute Gasteiger partial charge is 0.393 e. The van der Waals surface area contributed by atoms with E-state index in [1.165, 1.54) is 6.08 Å². The van der Waals surface area contributed by atoms with Gasteiger partial charge in [-0.25, -0.2) is 0 Å². The van der Waals surface area contributed by atoms with E-state index in [0.717, 1.165) is 5.57 Å². The topological polar surface area (TPSA) is 93.1 Å². The average Bonchev–Trinajstić information content (AvgIpc) is 3.26. The Bertz CT molecular complexity index is 1170. The molecule has 2 saturated carbocycles. The van der Waals surface area contributed by atoms with E-state index in [2.05, 4.69) is 0 Å². The molecular weight excluding hydrogens is 396 g/mol. The molecule has 9 atom stereocenters. The Labute approximate surface area is 194 Å². The smallest absolute Gasteiger partial charge is 0.193 e. The van der Waals surface area contributed by atoms with Gasteiger partial charge in [0.1, 0.15) is 6.61 Å². The molecule has 0 aromatic carbocycles. The SMILES string of the molecule is [2H]C([2H])([2H])C([2H])([2H])C([2H])([2H])[C@]1([2H])O[C@@H]2C[C@H]3[C@@H]4CC=C5CC(=O)C=C[C@]5(C)[C@H]4[C@@H](O)C[C@]3(C)[C@]2(C(=O)CO)O1. The summed E-state index contributed by atoms with van der Waals surface area (Å²) in [6.45, 7) is -0.873. The van der Waals surface area contributed by atoms with Crippen LogP contribution in [-0.2, 0) is 19.1 Å². The number of allylic oxidation sites excluding steroid dienone is 4. The maximum atomic E-state index is 13.5. The summed E-state index contributed by atoms with van der Waals surface area (Å²) in [6, 6.07) is 0. The van der Waals surface area contributed by atoms with Crippen molar-refractivity contribution >= 4 is 11.6 Å². The molecule has 0 aromatic heterocycles. The predicted octanol–water partition coefficient (Wildman–Crippen LogP) is 2.72. The fourth-order valence-corrected chi connectivity index (χ4v) is 7.60. The Hall–Kier alpha value is -1.34. The molecule has 0 spiro atoms. The lowest BCUT2D eigenvalue weighted by Gasteiger charge is -2.59. The van der Waals surface area contributed by atoms with E-state index in [9.17, 15) is 19.8 Å². The van der Waals surface area contributed by atoms with Crippen LogP contribution in [0.4, 0.5) is 0 Å². The minimum Gasteiger partial charge on any atom is -0.393 e. The molecule has 31 heavy (non-hydrogen) atoms. The van der Waals surface area contributed by atoms with E-state index in [1.807, 2.05) is 19.1 Å². The van der Waals surface area contributed by atoms with Gasteiger partial charge >= 0.3 is 0 Å². The summed E-state index contributed by atoms with van der Waals surface area (Å²) in [6.07, 6.45) is -6.50. The highest BCUT2D eigenvalue weighted by Crippen LogP contribution is 2.69. The monoisotopic (exact) mass is 438 g/mol. The molecule has 0 unspecified atom stereocenters. The zero-order valence-corrected chi connectivity index (χ0v) is 17.7. The second-order valence-electron chi connectivity index (χ2n) is 10.0. The van der Waals surface area contributed by atoms with E-state index in [-0.39, 0.29) is 42.8 Å². The zero-order valence-electron chi connectivity index (χ0n) is 25.7. The number of carbonyl (C=O) groups excluding carboxylic acids is 2. The van der Waals surface area contributed by atoms with Crippen LogP contribution in [0.2, 0.25) is 0 Å². The van der Waals surface area contributed by atoms with Crippen molar-refractivity contribution in [1.29, 1.82) is 0 Å². The van der Waals surface area contributed by atoms with Gasteiger partial charge in [-0.1, -0.05) is 44.8 Å². The predicted molar refractivity (Wildman–Crippen MR) is 113 cm³/mol. The Balaban J connectivity index is 1.59. The summed E-state index contributed by atoms with van der Waals surface area (Å²) in [5.74, 6) is -1.78. The van der Waals surface area contributed by atoms with Crippen molar-refractivity contribution in [2.75, 3.05) is 6.61 Å². The first kappa shape index (κ1) is 14.0. The van der Waals surface area contributed by atoms with Gasteiger partial charge in [0.05, 0.1) is 13.6 Å². The molecule has 0 bridgehead atoms. The minimum atomic E-state index is -3.59. The molecule has 170 valence electrons. The maximum absolute atomic E-state index is 13.5. The molecule has 5 rings (SSSR count). The van der Waals surface area contributed by atoms with E-state index in [1.54, 1.807) is 6.92 Å². The van der Waals surface area contributed by atoms with Crippen molar-refractivity contribution in [3.8, 4) is 0 Å². The molecule has 1 heterocycles. The van der Waals surface area contributed by atoms with Gasteiger partial charge in [-0.15, -0.1) is 0 Å². The summed E-state index contributed by atoms with van der Waals surface area (Å²) >= 11 is 0. The Morgan fingerprint density at radius 2 is 2.26 bits per heavy atom. The molecule has 6 heteroatoms. The first-order valence-electron chi connectivity index (χ1n) is 14.9. The van der Waals surface area contributed by atoms with Crippen LogP contribution >= 0.6 is 0 Å². The van der Waals surface area contributed by atoms with Gasteiger partial charge in [-0.3, -0.25) is 9.59 Å². The van der Waals surface area contributed by atoms with Crippen LogP contribution in [0.3, 0.4) is 0 Å². The van der Waals surface area contributed by atoms with Crippen molar-refractivity contribution in [2.24, 2.45) is 28.6 Å². The lowest BCUT2D eigenvalue weighted by molar-refractivity contribution is -0.198. The van der Waals surface area contributed by atoms with Crippen LogP contribution in [0.1, 0.15) is 70.1 Å². The Morgan fingerprint density at radius 1 is 1.45 bits per heavy atom. The normalized spacial score (nSPS) is 57.9. The minimum absolute atomic E-state index is 0.0185. The summed E-state index contributed by atoms with van der Waals surface area (Å²) in [5.41, 5.74) is -3.06. The number of ketones is 2. The molecule has 4 aliphatic carbocycles. The van der Waals surface area contributed by atoms with Gasteiger partial charge < -0.3 is 19.7 Å². The quantitative estimate of drug-likeness (QED) is 0.656. The standard InChI is InChI=1S/C25H34O6/c1-4-5-21-30-20-11-17-16-7-6-14-10-15(27)8-9-23(14,2)22(16)18(28)12-24(17,3)25(20,31-21)19(29)13-26/h6,8-9,16-18,20-22,26,28H,4-5,7,10-13H2,1-3H3/t16-,17-,18-,20+,21+,22+,23-,24-,25+/m0/s1/i1D3,4D2,5D2,21D. The summed E-state index contributed by atoms with van der Waals surface area (Å²) in [5, 5.41) is 21.6. The van der Waals surface area contributed by atoms with Crippen molar-refractivity contribution in [3.63, 3.8) is 0 Å². The third-order valence-corrected chi connectivity index (χ3v) is 8.84. The van der Waals surface area contributed by atoms with Crippen molar-refractivity contribution < 1.29 is 40.2 Å². The number of aliphatic hydroxyl groups excluding tert-OH is 2. The molecule has 0 aromatic rings. The van der Waals surface area contributed by atoms with E-state index < -0.39 is 66.9 Å². The molecule has 2 N–H and O–H groups in total. The van der Waals surface area contributed by atoms with Gasteiger partial charge in [0, 0.05) is 32.8 Å². The fourth-order valence-electron chi connectivity index (χ4n) is 7.60. The van der Waals surface area contributed by atoms with Gasteiger partial charge in [0.2, 0.25) is 0 Å². The first-order valence-corrected chi connectivity index (χ1v) is 10.9. The summed E-state index contributed by atoms with van der Waals surface area (Å²) in [4.78, 5) is 25.6. The van der Waals surface area contributed by atoms with Crippen LogP contribution in [0.5, 0.6) is 0 Å².